The predicted molar refractivity (Wildman–Crippen MR) is 202 cm³/mol. The number of nitrogens with zero attached hydrogens (tertiary/aromatic N) is 1. The van der Waals surface area contributed by atoms with E-state index in [4.69, 9.17) is 4.42 Å². The minimum absolute atomic E-state index is 0.893. The van der Waals surface area contributed by atoms with Crippen molar-refractivity contribution in [3.8, 4) is 11.1 Å². The van der Waals surface area contributed by atoms with Crippen molar-refractivity contribution in [3.05, 3.63) is 164 Å². The lowest BCUT2D eigenvalue weighted by Crippen LogP contribution is -2.10. The summed E-state index contributed by atoms with van der Waals surface area (Å²) in [5.74, 6) is 0. The Hall–Kier alpha value is -5.90. The smallest absolute Gasteiger partial charge is 0.135 e. The van der Waals surface area contributed by atoms with Gasteiger partial charge in [-0.15, -0.1) is 11.3 Å². The zero-order valence-electron chi connectivity index (χ0n) is 25.4. The molecule has 47 heavy (non-hydrogen) atoms. The number of rotatable bonds is 4. The highest BCUT2D eigenvalue weighted by molar-refractivity contribution is 7.26. The molecule has 0 saturated carbocycles. The average molecular weight is 618 g/mol. The number of thiophene rings is 1. The van der Waals surface area contributed by atoms with Crippen LogP contribution in [0.4, 0.5) is 17.1 Å². The molecule has 3 heteroatoms. The Kier molecular flexibility index (Phi) is 5.78. The molecule has 220 valence electrons. The van der Waals surface area contributed by atoms with E-state index in [1.807, 2.05) is 23.5 Å². The standard InChI is InChI=1S/C44H27NOS/c1-2-9-28(10-3-1)31-11-8-12-32(25-31)45(34-22-23-40-38(27-34)35-13-4-6-15-39(35)46-40)33-21-19-29-17-18-30-20-24-42-44(43(30)37(29)26-33)36-14-5-7-16-41(36)47-42/h1-27H. The van der Waals surface area contributed by atoms with Crippen molar-refractivity contribution in [3.63, 3.8) is 0 Å². The second-order valence-electron chi connectivity index (χ2n) is 12.1. The first-order valence-corrected chi connectivity index (χ1v) is 16.7. The van der Waals surface area contributed by atoms with Crippen LogP contribution in [0.15, 0.2) is 168 Å². The van der Waals surface area contributed by atoms with Crippen molar-refractivity contribution in [2.45, 2.75) is 0 Å². The molecule has 0 saturated heterocycles. The van der Waals surface area contributed by atoms with E-state index in [1.165, 1.54) is 52.8 Å². The van der Waals surface area contributed by atoms with Crippen molar-refractivity contribution < 1.29 is 4.42 Å². The molecule has 8 aromatic carbocycles. The predicted octanol–water partition coefficient (Wildman–Crippen LogP) is 13.4. The number of hydrogen-bond donors (Lipinski definition) is 0. The van der Waals surface area contributed by atoms with Crippen LogP contribution in [-0.4, -0.2) is 0 Å². The zero-order valence-corrected chi connectivity index (χ0v) is 26.2. The first kappa shape index (κ1) is 26.3. The highest BCUT2D eigenvalue weighted by Gasteiger charge is 2.18. The molecule has 0 spiro atoms. The van der Waals surface area contributed by atoms with Gasteiger partial charge in [-0.2, -0.15) is 0 Å². The van der Waals surface area contributed by atoms with Crippen LogP contribution in [0.25, 0.3) is 74.8 Å². The molecule has 10 rings (SSSR count). The first-order chi connectivity index (χ1) is 23.3. The zero-order chi connectivity index (χ0) is 30.9. The molecular weight excluding hydrogens is 591 g/mol. The summed E-state index contributed by atoms with van der Waals surface area (Å²) in [6, 6.07) is 59.1. The number of para-hydroxylation sites is 1. The van der Waals surface area contributed by atoms with Crippen molar-refractivity contribution in [2.24, 2.45) is 0 Å². The van der Waals surface area contributed by atoms with Gasteiger partial charge < -0.3 is 9.32 Å². The molecule has 2 aromatic heterocycles. The minimum atomic E-state index is 0.893. The van der Waals surface area contributed by atoms with Crippen LogP contribution in [0, 0.1) is 0 Å². The van der Waals surface area contributed by atoms with Crippen LogP contribution in [0.5, 0.6) is 0 Å². The van der Waals surface area contributed by atoms with Crippen LogP contribution in [-0.2, 0) is 0 Å². The molecule has 0 aliphatic heterocycles. The van der Waals surface area contributed by atoms with Crippen molar-refractivity contribution in [1.29, 1.82) is 0 Å². The van der Waals surface area contributed by atoms with Gasteiger partial charge in [0.2, 0.25) is 0 Å². The number of anilines is 3. The van der Waals surface area contributed by atoms with E-state index in [1.54, 1.807) is 0 Å². The maximum absolute atomic E-state index is 6.23. The molecule has 10 aromatic rings. The van der Waals surface area contributed by atoms with E-state index in [0.29, 0.717) is 0 Å². The quantitative estimate of drug-likeness (QED) is 0.183. The Labute approximate surface area is 275 Å². The van der Waals surface area contributed by atoms with Gasteiger partial charge in [-0.3, -0.25) is 0 Å². The summed E-state index contributed by atoms with van der Waals surface area (Å²) in [5, 5.41) is 9.96. The molecule has 0 N–H and O–H groups in total. The Balaban J connectivity index is 1.26. The van der Waals surface area contributed by atoms with Gasteiger partial charge in [0.05, 0.1) is 0 Å². The van der Waals surface area contributed by atoms with Crippen LogP contribution in [0.2, 0.25) is 0 Å². The SMILES string of the molecule is c1ccc(-c2cccc(N(c3ccc4oc5ccccc5c4c3)c3ccc4ccc5ccc6sc7ccccc7c6c5c4c3)c2)cc1. The minimum Gasteiger partial charge on any atom is -0.456 e. The van der Waals surface area contributed by atoms with Crippen LogP contribution >= 0.6 is 11.3 Å². The first-order valence-electron chi connectivity index (χ1n) is 15.9. The molecular formula is C44H27NOS. The molecule has 2 nitrogen and oxygen atoms in total. The lowest BCUT2D eigenvalue weighted by molar-refractivity contribution is 0.669. The third-order valence-electron chi connectivity index (χ3n) is 9.41. The third kappa shape index (κ3) is 4.17. The van der Waals surface area contributed by atoms with Gasteiger partial charge in [0, 0.05) is 48.0 Å². The van der Waals surface area contributed by atoms with Gasteiger partial charge in [-0.1, -0.05) is 103 Å². The fourth-order valence-electron chi connectivity index (χ4n) is 7.24. The van der Waals surface area contributed by atoms with E-state index in [0.717, 1.165) is 39.0 Å². The van der Waals surface area contributed by atoms with Crippen molar-refractivity contribution in [1.82, 2.24) is 0 Å². The molecule has 0 unspecified atom stereocenters. The van der Waals surface area contributed by atoms with Gasteiger partial charge in [0.1, 0.15) is 11.2 Å². The summed E-state index contributed by atoms with van der Waals surface area (Å²) in [5.41, 5.74) is 7.47. The van der Waals surface area contributed by atoms with Crippen LogP contribution in [0.1, 0.15) is 0 Å². The molecule has 0 aliphatic carbocycles. The summed E-state index contributed by atoms with van der Waals surface area (Å²) in [6.45, 7) is 0. The van der Waals surface area contributed by atoms with Crippen molar-refractivity contribution >= 4 is 92.1 Å². The maximum atomic E-state index is 6.23. The molecule has 0 radical (unpaired) electrons. The fourth-order valence-corrected chi connectivity index (χ4v) is 8.36. The molecule has 0 atom stereocenters. The highest BCUT2D eigenvalue weighted by Crippen LogP contribution is 2.44. The van der Waals surface area contributed by atoms with Crippen molar-refractivity contribution in [2.75, 3.05) is 4.90 Å². The van der Waals surface area contributed by atoms with Crippen LogP contribution < -0.4 is 4.90 Å². The van der Waals surface area contributed by atoms with Gasteiger partial charge in [0.25, 0.3) is 0 Å². The Morgan fingerprint density at radius 1 is 0.383 bits per heavy atom. The summed E-state index contributed by atoms with van der Waals surface area (Å²) in [4.78, 5) is 2.39. The van der Waals surface area contributed by atoms with E-state index < -0.39 is 0 Å². The van der Waals surface area contributed by atoms with E-state index >= 15 is 0 Å². The maximum Gasteiger partial charge on any atom is 0.135 e. The third-order valence-corrected chi connectivity index (χ3v) is 10.5. The lowest BCUT2D eigenvalue weighted by Gasteiger charge is -2.26. The summed E-state index contributed by atoms with van der Waals surface area (Å²) < 4.78 is 8.88. The lowest BCUT2D eigenvalue weighted by atomic mass is 9.96. The monoisotopic (exact) mass is 617 g/mol. The number of fused-ring (bicyclic) bond motifs is 10. The van der Waals surface area contributed by atoms with E-state index in [-0.39, 0.29) is 0 Å². The Morgan fingerprint density at radius 2 is 1.04 bits per heavy atom. The molecule has 0 amide bonds. The summed E-state index contributed by atoms with van der Waals surface area (Å²) in [7, 11) is 0. The molecule has 2 heterocycles. The van der Waals surface area contributed by atoms with Gasteiger partial charge in [-0.05, 0) is 93.3 Å². The fraction of sp³-hybridized carbons (Fsp3) is 0. The second kappa shape index (κ2) is 10.3. The number of hydrogen-bond acceptors (Lipinski definition) is 3. The molecule has 0 fully saturated rings. The van der Waals surface area contributed by atoms with Gasteiger partial charge >= 0.3 is 0 Å². The van der Waals surface area contributed by atoms with E-state index in [9.17, 15) is 0 Å². The summed E-state index contributed by atoms with van der Waals surface area (Å²) in [6.07, 6.45) is 0. The van der Waals surface area contributed by atoms with Gasteiger partial charge in [-0.25, -0.2) is 0 Å². The number of furan rings is 1. The average Bonchev–Trinajstić information content (AvgIpc) is 3.70. The Morgan fingerprint density at radius 3 is 1.96 bits per heavy atom. The van der Waals surface area contributed by atoms with Gasteiger partial charge in [0.15, 0.2) is 0 Å². The number of benzene rings is 8. The highest BCUT2D eigenvalue weighted by atomic mass is 32.1. The topological polar surface area (TPSA) is 16.4 Å². The Bertz CT molecular complexity index is 2810. The summed E-state index contributed by atoms with van der Waals surface area (Å²) >= 11 is 1.87. The second-order valence-corrected chi connectivity index (χ2v) is 13.2. The largest absolute Gasteiger partial charge is 0.456 e. The normalized spacial score (nSPS) is 11.8. The van der Waals surface area contributed by atoms with Crippen LogP contribution in [0.3, 0.4) is 0 Å². The molecule has 0 bridgehead atoms. The molecule has 0 aliphatic rings. The van der Waals surface area contributed by atoms with E-state index in [2.05, 4.69) is 157 Å².